The van der Waals surface area contributed by atoms with Gasteiger partial charge in [0.05, 0.1) is 5.69 Å². The van der Waals surface area contributed by atoms with Gasteiger partial charge in [-0.25, -0.2) is 0 Å². The van der Waals surface area contributed by atoms with Crippen molar-refractivity contribution in [2.24, 2.45) is 0 Å². The topological polar surface area (TPSA) is 25.8 Å². The van der Waals surface area contributed by atoms with E-state index in [2.05, 4.69) is 60.7 Å². The van der Waals surface area contributed by atoms with E-state index in [9.17, 15) is 0 Å². The molecule has 0 radical (unpaired) electrons. The fourth-order valence-corrected chi connectivity index (χ4v) is 3.05. The van der Waals surface area contributed by atoms with E-state index in [-0.39, 0.29) is 0 Å². The molecular weight excluding hydrogens is 268 g/mol. The highest BCUT2D eigenvalue weighted by Gasteiger charge is 2.07. The fraction of sp³-hybridized carbons (Fsp3) is 0.200. The predicted octanol–water partition coefficient (Wildman–Crippen LogP) is 4.22. The first-order chi connectivity index (χ1) is 10.9. The Morgan fingerprint density at radius 1 is 0.682 bits per heavy atom. The van der Waals surface area contributed by atoms with Crippen LogP contribution in [0.2, 0.25) is 0 Å². The smallest absolute Gasteiger partial charge is 0.0705 e. The Bertz CT molecular complexity index is 808. The van der Waals surface area contributed by atoms with Gasteiger partial charge in [-0.05, 0) is 55.2 Å². The van der Waals surface area contributed by atoms with Crippen molar-refractivity contribution in [2.75, 3.05) is 0 Å². The molecule has 2 heteroatoms. The molecule has 1 aliphatic heterocycles. The van der Waals surface area contributed by atoms with Gasteiger partial charge in [0.15, 0.2) is 0 Å². The number of aryl methyl sites for hydroxylation is 2. The van der Waals surface area contributed by atoms with Gasteiger partial charge in [0, 0.05) is 29.1 Å². The summed E-state index contributed by atoms with van der Waals surface area (Å²) in [7, 11) is 0. The number of benzene rings is 1. The lowest BCUT2D eigenvalue weighted by Gasteiger charge is -2.06. The third-order valence-corrected chi connectivity index (χ3v) is 4.15. The van der Waals surface area contributed by atoms with E-state index in [0.29, 0.717) is 0 Å². The van der Waals surface area contributed by atoms with Crippen molar-refractivity contribution in [2.45, 2.75) is 25.7 Å². The maximum atomic E-state index is 4.82. The van der Waals surface area contributed by atoms with Crippen LogP contribution in [0.15, 0.2) is 60.7 Å². The fourth-order valence-electron chi connectivity index (χ4n) is 3.05. The quantitative estimate of drug-likeness (QED) is 0.618. The number of rotatable bonds is 0. The van der Waals surface area contributed by atoms with Crippen molar-refractivity contribution in [1.29, 1.82) is 0 Å². The molecule has 3 heterocycles. The average Bonchev–Trinajstić information content (AvgIpc) is 2.55. The molecule has 0 saturated heterocycles. The van der Waals surface area contributed by atoms with Crippen LogP contribution in [-0.4, -0.2) is 9.97 Å². The summed E-state index contributed by atoms with van der Waals surface area (Å²) in [5.74, 6) is 0. The molecule has 0 spiro atoms. The molecule has 2 nitrogen and oxygen atoms in total. The zero-order valence-corrected chi connectivity index (χ0v) is 12.5. The predicted molar refractivity (Wildman–Crippen MR) is 88.7 cm³/mol. The van der Waals surface area contributed by atoms with Gasteiger partial charge in [-0.3, -0.25) is 9.97 Å². The number of fused-ring (bicyclic) bond motifs is 7. The second kappa shape index (κ2) is 5.72. The van der Waals surface area contributed by atoms with E-state index in [1.807, 2.05) is 0 Å². The normalized spacial score (nSPS) is 13.6. The lowest BCUT2D eigenvalue weighted by molar-refractivity contribution is 0.777. The van der Waals surface area contributed by atoms with Gasteiger partial charge in [-0.15, -0.1) is 0 Å². The monoisotopic (exact) mass is 286 g/mol. The standard InChI is InChI=1S/C20H18N2/c1-5-15-13-16(6-1)20-12-4-10-18(22-20)9-2-7-17-8-3-11-19(14-15)21-17/h1,3-6,8,10-13H,2,7,9,14H2. The summed E-state index contributed by atoms with van der Waals surface area (Å²) in [6, 6.07) is 21.4. The molecule has 0 aliphatic carbocycles. The van der Waals surface area contributed by atoms with Crippen molar-refractivity contribution < 1.29 is 0 Å². The molecule has 2 aromatic heterocycles. The molecule has 0 atom stereocenters. The summed E-state index contributed by atoms with van der Waals surface area (Å²) in [5.41, 5.74) is 7.04. The van der Waals surface area contributed by atoms with Crippen LogP contribution in [0.25, 0.3) is 11.3 Å². The molecule has 0 fully saturated rings. The van der Waals surface area contributed by atoms with Crippen molar-refractivity contribution in [1.82, 2.24) is 9.97 Å². The molecule has 0 saturated carbocycles. The van der Waals surface area contributed by atoms with Crippen LogP contribution in [0.3, 0.4) is 0 Å². The van der Waals surface area contributed by atoms with Crippen LogP contribution in [0.1, 0.15) is 29.1 Å². The van der Waals surface area contributed by atoms with Crippen LogP contribution >= 0.6 is 0 Å². The minimum atomic E-state index is 0.876. The zero-order valence-electron chi connectivity index (χ0n) is 12.5. The minimum Gasteiger partial charge on any atom is -0.258 e. The van der Waals surface area contributed by atoms with Gasteiger partial charge >= 0.3 is 0 Å². The van der Waals surface area contributed by atoms with Crippen LogP contribution in [-0.2, 0) is 19.3 Å². The van der Waals surface area contributed by atoms with Crippen molar-refractivity contribution in [3.63, 3.8) is 0 Å². The molecule has 1 aliphatic rings. The molecule has 0 unspecified atom stereocenters. The first kappa shape index (κ1) is 13.2. The van der Waals surface area contributed by atoms with E-state index >= 15 is 0 Å². The molecule has 6 bridgehead atoms. The highest BCUT2D eigenvalue weighted by atomic mass is 14.7. The van der Waals surface area contributed by atoms with Crippen molar-refractivity contribution in [3.8, 4) is 11.3 Å². The Morgan fingerprint density at radius 2 is 1.41 bits per heavy atom. The zero-order chi connectivity index (χ0) is 14.8. The largest absolute Gasteiger partial charge is 0.258 e. The molecule has 108 valence electrons. The number of nitrogens with zero attached hydrogens (tertiary/aromatic N) is 2. The van der Waals surface area contributed by atoms with Gasteiger partial charge < -0.3 is 0 Å². The van der Waals surface area contributed by atoms with E-state index in [0.717, 1.165) is 37.1 Å². The summed E-state index contributed by atoms with van der Waals surface area (Å²) in [6.07, 6.45) is 3.97. The average molecular weight is 286 g/mol. The number of hydrogen-bond acceptors (Lipinski definition) is 2. The molecule has 1 aromatic carbocycles. The Labute approximate surface area is 130 Å². The van der Waals surface area contributed by atoms with E-state index in [1.165, 1.54) is 22.5 Å². The number of pyridine rings is 2. The number of hydrogen-bond donors (Lipinski definition) is 0. The summed E-state index contributed by atoms with van der Waals surface area (Å²) >= 11 is 0. The lowest BCUT2D eigenvalue weighted by Crippen LogP contribution is -1.98. The molecule has 22 heavy (non-hydrogen) atoms. The van der Waals surface area contributed by atoms with Gasteiger partial charge in [-0.2, -0.15) is 0 Å². The van der Waals surface area contributed by atoms with E-state index in [4.69, 9.17) is 9.97 Å². The maximum Gasteiger partial charge on any atom is 0.0705 e. The third-order valence-electron chi connectivity index (χ3n) is 4.15. The van der Waals surface area contributed by atoms with Gasteiger partial charge in [-0.1, -0.05) is 30.3 Å². The summed E-state index contributed by atoms with van der Waals surface area (Å²) in [5, 5.41) is 0. The molecule has 0 N–H and O–H groups in total. The maximum absolute atomic E-state index is 4.82. The molecular formula is C20H18N2. The van der Waals surface area contributed by atoms with E-state index < -0.39 is 0 Å². The second-order valence-corrected chi connectivity index (χ2v) is 5.87. The Hall–Kier alpha value is -2.48. The lowest BCUT2D eigenvalue weighted by atomic mass is 10.0. The highest BCUT2D eigenvalue weighted by molar-refractivity contribution is 5.60. The van der Waals surface area contributed by atoms with Gasteiger partial charge in [0.25, 0.3) is 0 Å². The van der Waals surface area contributed by atoms with Gasteiger partial charge in [0.2, 0.25) is 0 Å². The van der Waals surface area contributed by atoms with Crippen LogP contribution in [0, 0.1) is 0 Å². The first-order valence-electron chi connectivity index (χ1n) is 7.87. The highest BCUT2D eigenvalue weighted by Crippen LogP contribution is 2.21. The Kier molecular flexibility index (Phi) is 3.43. The molecule has 0 amide bonds. The second-order valence-electron chi connectivity index (χ2n) is 5.87. The summed E-state index contributed by atoms with van der Waals surface area (Å²) in [6.45, 7) is 0. The van der Waals surface area contributed by atoms with Crippen molar-refractivity contribution >= 4 is 0 Å². The third kappa shape index (κ3) is 2.77. The van der Waals surface area contributed by atoms with Gasteiger partial charge in [0.1, 0.15) is 0 Å². The van der Waals surface area contributed by atoms with Crippen LogP contribution in [0.5, 0.6) is 0 Å². The molecule has 4 rings (SSSR count). The minimum absolute atomic E-state index is 0.876. The van der Waals surface area contributed by atoms with E-state index in [1.54, 1.807) is 0 Å². The SMILES string of the molecule is c1cc2cc(c1)-c1cccc(n1)CCCc1cccc(n1)C2. The van der Waals surface area contributed by atoms with Crippen LogP contribution in [0.4, 0.5) is 0 Å². The Balaban J connectivity index is 1.82. The molecule has 3 aromatic rings. The summed E-state index contributed by atoms with van der Waals surface area (Å²) in [4.78, 5) is 9.63. The Morgan fingerprint density at radius 3 is 2.32 bits per heavy atom. The first-order valence-corrected chi connectivity index (χ1v) is 7.87. The van der Waals surface area contributed by atoms with Crippen molar-refractivity contribution in [3.05, 3.63) is 83.3 Å². The number of aromatic nitrogens is 2. The summed E-state index contributed by atoms with van der Waals surface area (Å²) < 4.78 is 0. The van der Waals surface area contributed by atoms with Crippen LogP contribution < -0.4 is 0 Å².